The topological polar surface area (TPSA) is 113 Å². The number of fused-ring (bicyclic) bond motifs is 1. The molecule has 2 aromatic rings. The summed E-state index contributed by atoms with van der Waals surface area (Å²) in [6.07, 6.45) is 3.98. The van der Waals surface area contributed by atoms with Gasteiger partial charge in [0.2, 0.25) is 0 Å². The summed E-state index contributed by atoms with van der Waals surface area (Å²) in [7, 11) is 1.56. The lowest BCUT2D eigenvalue weighted by Crippen LogP contribution is -2.29. The smallest absolute Gasteiger partial charge is 0.329 e. The number of aliphatic hydroxyl groups is 2. The van der Waals surface area contributed by atoms with Gasteiger partial charge in [-0.25, -0.2) is 9.78 Å². The molecule has 0 saturated carbocycles. The predicted molar refractivity (Wildman–Crippen MR) is 77.2 cm³/mol. The number of rotatable bonds is 7. The largest absolute Gasteiger partial charge is 0.394 e. The van der Waals surface area contributed by atoms with E-state index in [-0.39, 0.29) is 6.61 Å². The number of aromatic amines is 1. The van der Waals surface area contributed by atoms with Crippen LogP contribution in [-0.2, 0) is 13.6 Å². The van der Waals surface area contributed by atoms with E-state index in [9.17, 15) is 14.7 Å². The lowest BCUT2D eigenvalue weighted by Gasteiger charge is -2.07. The number of imidazole rings is 1. The van der Waals surface area contributed by atoms with Crippen LogP contribution in [0.3, 0.4) is 0 Å². The van der Waals surface area contributed by atoms with E-state index in [1.54, 1.807) is 17.9 Å². The lowest BCUT2D eigenvalue weighted by atomic mass is 10.1. The minimum absolute atomic E-state index is 0.213. The van der Waals surface area contributed by atoms with E-state index in [1.165, 1.54) is 4.57 Å². The van der Waals surface area contributed by atoms with Crippen LogP contribution in [0, 0.1) is 0 Å². The Hall–Kier alpha value is -1.93. The highest BCUT2D eigenvalue weighted by Crippen LogP contribution is 2.09. The molecule has 1 unspecified atom stereocenters. The molecule has 0 bridgehead atoms. The maximum absolute atomic E-state index is 11.9. The summed E-state index contributed by atoms with van der Waals surface area (Å²) in [5.74, 6) is 0. The number of hydrogen-bond acceptors (Lipinski definition) is 5. The summed E-state index contributed by atoms with van der Waals surface area (Å²) in [6.45, 7) is 0.405. The van der Waals surface area contributed by atoms with Gasteiger partial charge in [0.1, 0.15) is 0 Å². The lowest BCUT2D eigenvalue weighted by molar-refractivity contribution is 0.0859. The van der Waals surface area contributed by atoms with E-state index in [0.29, 0.717) is 24.1 Å². The highest BCUT2D eigenvalue weighted by Gasteiger charge is 2.11. The number of aromatic nitrogens is 4. The Morgan fingerprint density at radius 2 is 2.10 bits per heavy atom. The Kier molecular flexibility index (Phi) is 4.92. The molecule has 2 heterocycles. The average Bonchev–Trinajstić information content (AvgIpc) is 2.88. The van der Waals surface area contributed by atoms with Crippen molar-refractivity contribution >= 4 is 11.2 Å². The molecule has 0 amide bonds. The van der Waals surface area contributed by atoms with Crippen LogP contribution >= 0.6 is 0 Å². The molecule has 1 atom stereocenters. The van der Waals surface area contributed by atoms with Crippen molar-refractivity contribution in [3.63, 3.8) is 0 Å². The summed E-state index contributed by atoms with van der Waals surface area (Å²) in [6, 6.07) is 0. The summed E-state index contributed by atoms with van der Waals surface area (Å²) in [4.78, 5) is 29.7. The fourth-order valence-corrected chi connectivity index (χ4v) is 2.29. The number of nitrogens with zero attached hydrogens (tertiary/aromatic N) is 3. The van der Waals surface area contributed by atoms with Gasteiger partial charge in [-0.05, 0) is 12.8 Å². The van der Waals surface area contributed by atoms with Crippen LogP contribution in [0.1, 0.15) is 25.7 Å². The van der Waals surface area contributed by atoms with E-state index in [0.717, 1.165) is 19.3 Å². The number of H-pyrrole nitrogens is 1. The molecule has 0 saturated heterocycles. The molecule has 0 fully saturated rings. The molecule has 0 aromatic carbocycles. The second-order valence-corrected chi connectivity index (χ2v) is 5.11. The van der Waals surface area contributed by atoms with Gasteiger partial charge in [0.25, 0.3) is 5.56 Å². The zero-order valence-electron chi connectivity index (χ0n) is 11.9. The number of hydrogen-bond donors (Lipinski definition) is 3. The molecular formula is C13H20N4O4. The van der Waals surface area contributed by atoms with Gasteiger partial charge >= 0.3 is 5.69 Å². The quantitative estimate of drug-likeness (QED) is 0.587. The molecule has 0 aliphatic rings. The molecule has 3 N–H and O–H groups in total. The van der Waals surface area contributed by atoms with Gasteiger partial charge in [-0.15, -0.1) is 0 Å². The van der Waals surface area contributed by atoms with Gasteiger partial charge in [-0.1, -0.05) is 12.8 Å². The fraction of sp³-hybridized carbons (Fsp3) is 0.615. The Bertz CT molecular complexity index is 715. The third-order valence-electron chi connectivity index (χ3n) is 3.52. The van der Waals surface area contributed by atoms with Crippen molar-refractivity contribution in [1.82, 2.24) is 19.1 Å². The van der Waals surface area contributed by atoms with E-state index in [2.05, 4.69) is 9.97 Å². The maximum atomic E-state index is 11.9. The summed E-state index contributed by atoms with van der Waals surface area (Å²) >= 11 is 0. The summed E-state index contributed by atoms with van der Waals surface area (Å²) in [5.41, 5.74) is -0.135. The highest BCUT2D eigenvalue weighted by molar-refractivity contribution is 5.69. The van der Waals surface area contributed by atoms with E-state index in [1.807, 2.05) is 0 Å². The molecule has 0 radical (unpaired) electrons. The van der Waals surface area contributed by atoms with E-state index in [4.69, 9.17) is 5.11 Å². The minimum Gasteiger partial charge on any atom is -0.394 e. The second kappa shape index (κ2) is 6.68. The van der Waals surface area contributed by atoms with Crippen molar-refractivity contribution < 1.29 is 10.2 Å². The first-order valence-electron chi connectivity index (χ1n) is 6.97. The zero-order chi connectivity index (χ0) is 15.4. The van der Waals surface area contributed by atoms with Gasteiger partial charge in [0.15, 0.2) is 11.2 Å². The third-order valence-corrected chi connectivity index (χ3v) is 3.52. The van der Waals surface area contributed by atoms with Gasteiger partial charge in [0.05, 0.1) is 19.0 Å². The molecule has 0 aliphatic carbocycles. The van der Waals surface area contributed by atoms with Crippen LogP contribution in [0.25, 0.3) is 11.2 Å². The molecular weight excluding hydrogens is 276 g/mol. The molecule has 8 nitrogen and oxygen atoms in total. The highest BCUT2D eigenvalue weighted by atomic mass is 16.3. The first-order valence-corrected chi connectivity index (χ1v) is 6.97. The zero-order valence-corrected chi connectivity index (χ0v) is 11.9. The van der Waals surface area contributed by atoms with E-state index >= 15 is 0 Å². The van der Waals surface area contributed by atoms with Gasteiger partial charge in [-0.2, -0.15) is 0 Å². The van der Waals surface area contributed by atoms with Crippen molar-refractivity contribution in [2.24, 2.45) is 7.05 Å². The Labute approximate surface area is 120 Å². The van der Waals surface area contributed by atoms with Crippen LogP contribution < -0.4 is 11.2 Å². The maximum Gasteiger partial charge on any atom is 0.329 e. The van der Waals surface area contributed by atoms with Gasteiger partial charge in [-0.3, -0.25) is 14.3 Å². The molecule has 2 aromatic heterocycles. The molecule has 116 valence electrons. The monoisotopic (exact) mass is 296 g/mol. The minimum atomic E-state index is -0.656. The normalized spacial score (nSPS) is 12.9. The average molecular weight is 296 g/mol. The second-order valence-electron chi connectivity index (χ2n) is 5.11. The van der Waals surface area contributed by atoms with Crippen LogP contribution in [0.4, 0.5) is 0 Å². The molecule has 8 heteroatoms. The fourth-order valence-electron chi connectivity index (χ4n) is 2.29. The summed E-state index contributed by atoms with van der Waals surface area (Å²) in [5, 5.41) is 17.9. The Morgan fingerprint density at radius 3 is 2.81 bits per heavy atom. The van der Waals surface area contributed by atoms with Crippen LogP contribution in [0.5, 0.6) is 0 Å². The Balaban J connectivity index is 2.02. The predicted octanol–water partition coefficient (Wildman–Crippen LogP) is -0.663. The molecule has 2 rings (SSSR count). The molecule has 0 spiro atoms. The van der Waals surface area contributed by atoms with E-state index < -0.39 is 17.4 Å². The third kappa shape index (κ3) is 3.40. The van der Waals surface area contributed by atoms with Gasteiger partial charge < -0.3 is 14.8 Å². The van der Waals surface area contributed by atoms with Crippen molar-refractivity contribution in [2.75, 3.05) is 6.61 Å². The standard InChI is InChI=1S/C13H20N4O4/c1-16-11-10(12(20)15-13(16)21)17(8-14-11)6-4-2-3-5-9(19)7-18/h8-9,18-19H,2-7H2,1H3,(H,15,20,21). The number of unbranched alkanes of at least 4 members (excludes halogenated alkanes) is 2. The Morgan fingerprint density at radius 1 is 1.33 bits per heavy atom. The van der Waals surface area contributed by atoms with Gasteiger partial charge in [0, 0.05) is 13.6 Å². The molecule has 21 heavy (non-hydrogen) atoms. The first kappa shape index (κ1) is 15.5. The van der Waals surface area contributed by atoms with Crippen molar-refractivity contribution in [3.8, 4) is 0 Å². The van der Waals surface area contributed by atoms with Crippen molar-refractivity contribution in [3.05, 3.63) is 27.2 Å². The van der Waals surface area contributed by atoms with Crippen LogP contribution in [-0.4, -0.2) is 42.0 Å². The van der Waals surface area contributed by atoms with Crippen LogP contribution in [0.2, 0.25) is 0 Å². The van der Waals surface area contributed by atoms with Crippen molar-refractivity contribution in [1.29, 1.82) is 0 Å². The van der Waals surface area contributed by atoms with Crippen molar-refractivity contribution in [2.45, 2.75) is 38.3 Å². The number of aryl methyl sites for hydroxylation is 2. The SMILES string of the molecule is Cn1c(=O)[nH]c(=O)c2c1ncn2CCCCCC(O)CO. The van der Waals surface area contributed by atoms with Crippen LogP contribution in [0.15, 0.2) is 15.9 Å². The molecule has 0 aliphatic heterocycles. The summed E-state index contributed by atoms with van der Waals surface area (Å²) < 4.78 is 3.04. The first-order chi connectivity index (χ1) is 10.0. The number of aliphatic hydroxyl groups excluding tert-OH is 2. The number of nitrogens with one attached hydrogen (secondary N) is 1.